The number of amides is 1. The highest BCUT2D eigenvalue weighted by molar-refractivity contribution is 14.1. The Bertz CT molecular complexity index is 942. The molecule has 0 bridgehead atoms. The lowest BCUT2D eigenvalue weighted by atomic mass is 10.1. The van der Waals surface area contributed by atoms with Gasteiger partial charge in [-0.3, -0.25) is 9.69 Å². The minimum atomic E-state index is -0.0260. The van der Waals surface area contributed by atoms with Gasteiger partial charge in [-0.15, -0.1) is 0 Å². The lowest BCUT2D eigenvalue weighted by molar-refractivity contribution is -0.117. The number of alkyl halides is 1. The zero-order valence-electron chi connectivity index (χ0n) is 18.3. The van der Waals surface area contributed by atoms with Gasteiger partial charge in [0.2, 0.25) is 0 Å². The van der Waals surface area contributed by atoms with E-state index in [1.165, 1.54) is 5.69 Å². The summed E-state index contributed by atoms with van der Waals surface area (Å²) in [6.45, 7) is 6.28. The van der Waals surface area contributed by atoms with Gasteiger partial charge in [0.1, 0.15) is 22.7 Å². The smallest absolute Gasteiger partial charge is 0.250 e. The lowest BCUT2D eigenvalue weighted by Gasteiger charge is -2.36. The number of ether oxygens (including phenoxy) is 2. The normalized spacial score (nSPS) is 16.0. The summed E-state index contributed by atoms with van der Waals surface area (Å²) in [5, 5.41) is 3.04. The molecule has 0 unspecified atom stereocenters. The van der Waals surface area contributed by atoms with Gasteiger partial charge >= 0.3 is 0 Å². The first kappa shape index (κ1) is 22.9. The molecule has 0 saturated carbocycles. The van der Waals surface area contributed by atoms with Gasteiger partial charge in [-0.1, -0.05) is 24.3 Å². The molecule has 2 aliphatic heterocycles. The van der Waals surface area contributed by atoms with Crippen molar-refractivity contribution in [3.63, 3.8) is 0 Å². The van der Waals surface area contributed by atoms with E-state index >= 15 is 0 Å². The third kappa shape index (κ3) is 6.16. The Morgan fingerprint density at radius 3 is 2.75 bits per heavy atom. The van der Waals surface area contributed by atoms with Gasteiger partial charge in [-0.25, -0.2) is 0 Å². The third-order valence-electron chi connectivity index (χ3n) is 5.89. The van der Waals surface area contributed by atoms with Crippen LogP contribution < -0.4 is 19.7 Å². The number of carbonyl (C=O) groups is 1. The van der Waals surface area contributed by atoms with Crippen LogP contribution >= 0.6 is 22.6 Å². The van der Waals surface area contributed by atoms with E-state index in [2.05, 4.69) is 55.9 Å². The molecule has 0 aromatic heterocycles. The maximum Gasteiger partial charge on any atom is 0.250 e. The van der Waals surface area contributed by atoms with Gasteiger partial charge in [-0.05, 0) is 66.3 Å². The molecule has 32 heavy (non-hydrogen) atoms. The Balaban J connectivity index is 1.13. The minimum Gasteiger partial charge on any atom is -0.488 e. The van der Waals surface area contributed by atoms with Gasteiger partial charge in [0.25, 0.3) is 5.91 Å². The predicted octanol–water partition coefficient (Wildman–Crippen LogP) is 3.95. The van der Waals surface area contributed by atoms with Gasteiger partial charge in [-0.2, -0.15) is 0 Å². The second-order valence-electron chi connectivity index (χ2n) is 8.04. The SMILES string of the molecule is O=C(NCCCCN1CCN(c2cccc(OCI)c2)CC1)C1=Cc2ccccc2OC1. The Morgan fingerprint density at radius 1 is 1.06 bits per heavy atom. The molecule has 0 atom stereocenters. The molecule has 6 nitrogen and oxygen atoms in total. The summed E-state index contributed by atoms with van der Waals surface area (Å²) in [5.74, 6) is 1.74. The highest BCUT2D eigenvalue weighted by atomic mass is 127. The van der Waals surface area contributed by atoms with Crippen molar-refractivity contribution in [2.75, 3.05) is 55.4 Å². The van der Waals surface area contributed by atoms with Crippen LogP contribution in [0.4, 0.5) is 5.69 Å². The second-order valence-corrected chi connectivity index (χ2v) is 8.66. The molecule has 0 radical (unpaired) electrons. The number of carbonyl (C=O) groups excluding carboxylic acids is 1. The number of hydrogen-bond donors (Lipinski definition) is 1. The largest absolute Gasteiger partial charge is 0.488 e. The van der Waals surface area contributed by atoms with Crippen LogP contribution in [-0.2, 0) is 4.79 Å². The van der Waals surface area contributed by atoms with Gasteiger partial charge in [0, 0.05) is 50.0 Å². The highest BCUT2D eigenvalue weighted by Gasteiger charge is 2.18. The summed E-state index contributed by atoms with van der Waals surface area (Å²) in [5.41, 5.74) is 2.89. The number of anilines is 1. The zero-order chi connectivity index (χ0) is 22.2. The third-order valence-corrected chi connectivity index (χ3v) is 6.20. The number of halogens is 1. The number of fused-ring (bicyclic) bond motifs is 1. The van der Waals surface area contributed by atoms with E-state index in [9.17, 15) is 4.79 Å². The Kier molecular flexibility index (Phi) is 8.28. The molecule has 0 aliphatic carbocycles. The average Bonchev–Trinajstić information content (AvgIpc) is 2.84. The summed E-state index contributed by atoms with van der Waals surface area (Å²) in [6.07, 6.45) is 3.99. The number of piperazine rings is 1. The molecule has 1 amide bonds. The van der Waals surface area contributed by atoms with Gasteiger partial charge in [0.15, 0.2) is 0 Å². The molecular formula is C25H30IN3O3. The molecule has 2 aliphatic rings. The van der Waals surface area contributed by atoms with E-state index in [-0.39, 0.29) is 5.91 Å². The first-order chi connectivity index (χ1) is 15.7. The molecule has 7 heteroatoms. The fraction of sp³-hybridized carbons (Fsp3) is 0.400. The lowest BCUT2D eigenvalue weighted by Crippen LogP contribution is -2.46. The fourth-order valence-corrected chi connectivity index (χ4v) is 4.45. The predicted molar refractivity (Wildman–Crippen MR) is 137 cm³/mol. The monoisotopic (exact) mass is 547 g/mol. The molecule has 1 saturated heterocycles. The molecule has 2 aromatic carbocycles. The average molecular weight is 547 g/mol. The van der Waals surface area contributed by atoms with Crippen LogP contribution in [-0.4, -0.2) is 61.3 Å². The van der Waals surface area contributed by atoms with Gasteiger partial charge in [0.05, 0.1) is 5.57 Å². The molecule has 2 heterocycles. The topological polar surface area (TPSA) is 54.0 Å². The second kappa shape index (κ2) is 11.6. The van der Waals surface area contributed by atoms with Crippen molar-refractivity contribution >= 4 is 40.3 Å². The Labute approximate surface area is 203 Å². The highest BCUT2D eigenvalue weighted by Crippen LogP contribution is 2.26. The maximum atomic E-state index is 12.4. The van der Waals surface area contributed by atoms with Gasteiger partial charge < -0.3 is 19.7 Å². The molecule has 4 rings (SSSR count). The summed E-state index contributed by atoms with van der Waals surface area (Å²) in [7, 11) is 0. The quantitative estimate of drug-likeness (QED) is 0.293. The van der Waals surface area contributed by atoms with E-state index in [0.29, 0.717) is 23.3 Å². The molecule has 0 spiro atoms. The zero-order valence-corrected chi connectivity index (χ0v) is 20.4. The summed E-state index contributed by atoms with van der Waals surface area (Å²) in [4.78, 5) is 17.4. The Morgan fingerprint density at radius 2 is 1.91 bits per heavy atom. The van der Waals surface area contributed by atoms with Crippen LogP contribution in [0.25, 0.3) is 6.08 Å². The maximum absolute atomic E-state index is 12.4. The number of nitrogens with one attached hydrogen (secondary N) is 1. The molecule has 1 N–H and O–H groups in total. The summed E-state index contributed by atoms with van der Waals surface area (Å²) >= 11 is 2.22. The van der Waals surface area contributed by atoms with Crippen molar-refractivity contribution in [2.45, 2.75) is 12.8 Å². The molecule has 170 valence electrons. The standard InChI is InChI=1S/C25H30IN3O3/c26-19-32-23-8-5-7-22(17-23)29-14-12-28(13-15-29)11-4-3-10-27-25(30)21-16-20-6-1-2-9-24(20)31-18-21/h1-2,5-9,16-17H,3-4,10-15,18-19H2,(H,27,30). The van der Waals surface area contributed by atoms with Crippen molar-refractivity contribution in [3.05, 3.63) is 59.7 Å². The number of unbranched alkanes of at least 4 members (excludes halogenated alkanes) is 1. The summed E-state index contributed by atoms with van der Waals surface area (Å²) < 4.78 is 12.0. The summed E-state index contributed by atoms with van der Waals surface area (Å²) in [6, 6.07) is 16.1. The van der Waals surface area contributed by atoms with Crippen molar-refractivity contribution in [1.82, 2.24) is 10.2 Å². The molecule has 2 aromatic rings. The molecule has 1 fully saturated rings. The number of nitrogens with zero attached hydrogens (tertiary/aromatic N) is 2. The van der Waals surface area contributed by atoms with Crippen molar-refractivity contribution in [2.24, 2.45) is 0 Å². The van der Waals surface area contributed by atoms with Crippen LogP contribution in [0.15, 0.2) is 54.1 Å². The first-order valence-corrected chi connectivity index (χ1v) is 12.7. The number of hydrogen-bond acceptors (Lipinski definition) is 5. The fourth-order valence-electron chi connectivity index (χ4n) is 4.09. The van der Waals surface area contributed by atoms with E-state index in [1.807, 2.05) is 36.4 Å². The van der Waals surface area contributed by atoms with E-state index in [0.717, 1.165) is 62.6 Å². The van der Waals surface area contributed by atoms with Crippen LogP contribution in [0.3, 0.4) is 0 Å². The van der Waals surface area contributed by atoms with Crippen LogP contribution in [0, 0.1) is 0 Å². The van der Waals surface area contributed by atoms with Crippen LogP contribution in [0.5, 0.6) is 11.5 Å². The first-order valence-electron chi connectivity index (χ1n) is 11.2. The van der Waals surface area contributed by atoms with E-state index in [1.54, 1.807) is 0 Å². The van der Waals surface area contributed by atoms with E-state index < -0.39 is 0 Å². The van der Waals surface area contributed by atoms with E-state index in [4.69, 9.17) is 9.47 Å². The van der Waals surface area contributed by atoms with Crippen LogP contribution in [0.2, 0.25) is 0 Å². The number of benzene rings is 2. The van der Waals surface area contributed by atoms with Crippen LogP contribution in [0.1, 0.15) is 18.4 Å². The minimum absolute atomic E-state index is 0.0260. The Hall–Kier alpha value is -2.26. The van der Waals surface area contributed by atoms with Crippen molar-refractivity contribution < 1.29 is 14.3 Å². The number of rotatable bonds is 9. The van der Waals surface area contributed by atoms with Crippen molar-refractivity contribution in [1.29, 1.82) is 0 Å². The van der Waals surface area contributed by atoms with Crippen molar-refractivity contribution in [3.8, 4) is 11.5 Å². The number of para-hydroxylation sites is 1. The molecular weight excluding hydrogens is 517 g/mol.